The minimum absolute atomic E-state index is 0. The van der Waals surface area contributed by atoms with Crippen LogP contribution >= 0.6 is 0 Å². The van der Waals surface area contributed by atoms with Crippen LogP contribution in [0, 0.1) is 0 Å². The maximum absolute atomic E-state index is 10.3. The SMILES string of the molecule is CCCCCCOc1ccc([C-]=O)cc1.[Na+]. The van der Waals surface area contributed by atoms with Crippen molar-refractivity contribution in [3.63, 3.8) is 0 Å². The Morgan fingerprint density at radius 1 is 1.12 bits per heavy atom. The van der Waals surface area contributed by atoms with Crippen molar-refractivity contribution in [2.24, 2.45) is 0 Å². The van der Waals surface area contributed by atoms with Gasteiger partial charge in [0.1, 0.15) is 0 Å². The Morgan fingerprint density at radius 2 is 1.81 bits per heavy atom. The first kappa shape index (κ1) is 15.7. The molecule has 0 fully saturated rings. The second-order valence-electron chi connectivity index (χ2n) is 3.54. The fourth-order valence-electron chi connectivity index (χ4n) is 1.34. The zero-order valence-electron chi connectivity index (χ0n) is 10.2. The van der Waals surface area contributed by atoms with Gasteiger partial charge in [0.25, 0.3) is 0 Å². The fourth-order valence-corrected chi connectivity index (χ4v) is 1.34. The number of benzene rings is 1. The van der Waals surface area contributed by atoms with E-state index in [1.165, 1.54) is 19.3 Å². The Kier molecular flexibility index (Phi) is 9.69. The van der Waals surface area contributed by atoms with Gasteiger partial charge < -0.3 is 9.53 Å². The summed E-state index contributed by atoms with van der Waals surface area (Å²) in [7, 11) is 0. The molecule has 0 heterocycles. The first-order valence-corrected chi connectivity index (χ1v) is 5.48. The van der Waals surface area contributed by atoms with Gasteiger partial charge in [-0.15, -0.1) is 0 Å². The van der Waals surface area contributed by atoms with Crippen LogP contribution in [0.3, 0.4) is 0 Å². The van der Waals surface area contributed by atoms with Crippen LogP contribution in [-0.4, -0.2) is 12.9 Å². The molecular weight excluding hydrogens is 211 g/mol. The molecule has 0 aromatic heterocycles. The Morgan fingerprint density at radius 3 is 2.38 bits per heavy atom. The third-order valence-electron chi connectivity index (χ3n) is 2.24. The van der Waals surface area contributed by atoms with E-state index in [-0.39, 0.29) is 29.6 Å². The average Bonchev–Trinajstić information content (AvgIpc) is 2.30. The van der Waals surface area contributed by atoms with Crippen LogP contribution in [0.25, 0.3) is 0 Å². The van der Waals surface area contributed by atoms with Crippen molar-refractivity contribution >= 4 is 6.29 Å². The molecule has 1 rings (SSSR count). The molecule has 3 heteroatoms. The molecule has 0 amide bonds. The summed E-state index contributed by atoms with van der Waals surface area (Å²) in [5, 5.41) is 0. The van der Waals surface area contributed by atoms with E-state index in [0.717, 1.165) is 18.8 Å². The average molecular weight is 228 g/mol. The molecule has 0 spiro atoms. The molecule has 0 saturated heterocycles. The Labute approximate surface area is 120 Å². The van der Waals surface area contributed by atoms with Gasteiger partial charge in [0.05, 0.1) is 18.6 Å². The smallest absolute Gasteiger partial charge is 0.496 e. The predicted molar refractivity (Wildman–Crippen MR) is 60.9 cm³/mol. The van der Waals surface area contributed by atoms with Crippen LogP contribution in [0.2, 0.25) is 0 Å². The van der Waals surface area contributed by atoms with Crippen molar-refractivity contribution in [2.45, 2.75) is 32.6 Å². The van der Waals surface area contributed by atoms with Crippen LogP contribution in [0.15, 0.2) is 24.3 Å². The number of rotatable bonds is 7. The molecule has 0 bridgehead atoms. The third kappa shape index (κ3) is 6.31. The third-order valence-corrected chi connectivity index (χ3v) is 2.24. The van der Waals surface area contributed by atoms with Gasteiger partial charge in [-0.05, 0) is 6.42 Å². The van der Waals surface area contributed by atoms with Crippen molar-refractivity contribution in [3.05, 3.63) is 29.8 Å². The molecule has 1 aromatic carbocycles. The van der Waals surface area contributed by atoms with Gasteiger partial charge in [-0.1, -0.05) is 38.3 Å². The molecule has 0 aliphatic rings. The molecule has 1 aromatic rings. The second-order valence-corrected chi connectivity index (χ2v) is 3.54. The summed E-state index contributed by atoms with van der Waals surface area (Å²) in [6.45, 7) is 2.94. The monoisotopic (exact) mass is 228 g/mol. The summed E-state index contributed by atoms with van der Waals surface area (Å²) in [6.07, 6.45) is 6.65. The minimum atomic E-state index is 0. The van der Waals surface area contributed by atoms with Crippen molar-refractivity contribution in [3.8, 4) is 5.75 Å². The summed E-state index contributed by atoms with van der Waals surface area (Å²) >= 11 is 0. The summed E-state index contributed by atoms with van der Waals surface area (Å²) in [4.78, 5) is 10.3. The molecule has 0 radical (unpaired) electrons. The summed E-state index contributed by atoms with van der Waals surface area (Å²) in [6, 6.07) is 7.04. The van der Waals surface area contributed by atoms with E-state index in [2.05, 4.69) is 6.92 Å². The van der Waals surface area contributed by atoms with Gasteiger partial charge in [0.2, 0.25) is 0 Å². The summed E-state index contributed by atoms with van der Waals surface area (Å²) < 4.78 is 5.52. The Bertz CT molecular complexity index is 282. The predicted octanol–water partition coefficient (Wildman–Crippen LogP) is 0.107. The van der Waals surface area contributed by atoms with Gasteiger partial charge in [0, 0.05) is 0 Å². The maximum Gasteiger partial charge on any atom is 1.00 e. The molecule has 0 atom stereocenters. The molecule has 82 valence electrons. The van der Waals surface area contributed by atoms with E-state index in [0.29, 0.717) is 5.56 Å². The van der Waals surface area contributed by atoms with Crippen molar-refractivity contribution in [2.75, 3.05) is 6.61 Å². The normalized spacial score (nSPS) is 9.31. The zero-order valence-corrected chi connectivity index (χ0v) is 12.2. The van der Waals surface area contributed by atoms with Gasteiger partial charge in [0.15, 0.2) is 0 Å². The Balaban J connectivity index is 0.00000225. The fraction of sp³-hybridized carbons (Fsp3) is 0.462. The van der Waals surface area contributed by atoms with Crippen LogP contribution in [0.5, 0.6) is 5.75 Å². The van der Waals surface area contributed by atoms with Crippen molar-refractivity contribution in [1.29, 1.82) is 0 Å². The minimum Gasteiger partial charge on any atom is -0.496 e. The largest absolute Gasteiger partial charge is 1.00 e. The van der Waals surface area contributed by atoms with Gasteiger partial charge in [-0.2, -0.15) is 17.7 Å². The molecule has 0 aliphatic heterocycles. The molecule has 0 N–H and O–H groups in total. The first-order valence-electron chi connectivity index (χ1n) is 5.48. The van der Waals surface area contributed by atoms with Crippen LogP contribution < -0.4 is 34.3 Å². The van der Waals surface area contributed by atoms with E-state index in [4.69, 9.17) is 4.74 Å². The van der Waals surface area contributed by atoms with Crippen LogP contribution in [0.1, 0.15) is 38.2 Å². The maximum atomic E-state index is 10.3. The second kappa shape index (κ2) is 9.88. The molecule has 16 heavy (non-hydrogen) atoms. The number of ether oxygens (including phenoxy) is 1. The van der Waals surface area contributed by atoms with Gasteiger partial charge >= 0.3 is 29.6 Å². The topological polar surface area (TPSA) is 26.3 Å². The van der Waals surface area contributed by atoms with E-state index >= 15 is 0 Å². The number of unbranched alkanes of at least 4 members (excludes halogenated alkanes) is 3. The molecule has 0 saturated carbocycles. The number of hydrogen-bond acceptors (Lipinski definition) is 2. The molecular formula is C13H17NaO2. The number of carbonyl (C=O) groups excluding carboxylic acids is 1. The number of hydrogen-bond donors (Lipinski definition) is 0. The van der Waals surface area contributed by atoms with E-state index in [1.54, 1.807) is 24.3 Å². The summed E-state index contributed by atoms with van der Waals surface area (Å²) in [5.41, 5.74) is 0.563. The summed E-state index contributed by atoms with van der Waals surface area (Å²) in [5.74, 6) is 0.825. The van der Waals surface area contributed by atoms with Gasteiger partial charge in [-0.3, -0.25) is 0 Å². The van der Waals surface area contributed by atoms with Crippen LogP contribution in [0.4, 0.5) is 0 Å². The first-order chi connectivity index (χ1) is 7.36. The molecule has 0 aliphatic carbocycles. The standard InChI is InChI=1S/C13H17O2.Na/c1-2-3-4-5-10-15-13-8-6-12(11-14)7-9-13;/h6-9H,2-5,10H2,1H3;/q-1;+1. The van der Waals surface area contributed by atoms with Crippen molar-refractivity contribution < 1.29 is 39.1 Å². The zero-order chi connectivity index (χ0) is 10.9. The van der Waals surface area contributed by atoms with Gasteiger partial charge in [-0.25, -0.2) is 0 Å². The Hall–Kier alpha value is -0.310. The van der Waals surface area contributed by atoms with E-state index < -0.39 is 0 Å². The van der Waals surface area contributed by atoms with E-state index in [1.807, 2.05) is 6.29 Å². The van der Waals surface area contributed by atoms with E-state index in [9.17, 15) is 4.79 Å². The molecule has 2 nitrogen and oxygen atoms in total. The molecule has 0 unspecified atom stereocenters. The van der Waals surface area contributed by atoms with Crippen molar-refractivity contribution in [1.82, 2.24) is 0 Å². The quantitative estimate of drug-likeness (QED) is 0.376. The van der Waals surface area contributed by atoms with Crippen LogP contribution in [-0.2, 0) is 4.79 Å².